The van der Waals surface area contributed by atoms with Gasteiger partial charge in [-0.15, -0.1) is 0 Å². The first-order valence-electron chi connectivity index (χ1n) is 9.07. The van der Waals surface area contributed by atoms with Crippen molar-refractivity contribution in [1.29, 1.82) is 0 Å². The Morgan fingerprint density at radius 3 is 2.83 bits per heavy atom. The molecule has 0 aliphatic carbocycles. The zero-order valence-corrected chi connectivity index (χ0v) is 17.1. The van der Waals surface area contributed by atoms with Gasteiger partial charge in [-0.2, -0.15) is 0 Å². The minimum absolute atomic E-state index is 0.00796. The normalized spacial score (nSPS) is 11.9. The van der Waals surface area contributed by atoms with Crippen molar-refractivity contribution in [3.05, 3.63) is 53.1 Å². The van der Waals surface area contributed by atoms with E-state index in [2.05, 4.69) is 25.9 Å². The number of anilines is 2. The minimum Gasteiger partial charge on any atom is -0.496 e. The number of fused-ring (bicyclic) bond motifs is 1. The zero-order valence-electron chi connectivity index (χ0n) is 16.4. The maximum Gasteiger partial charge on any atom is 0.239 e. The molecular formula is C20H21ClFN5O3. The van der Waals surface area contributed by atoms with Crippen molar-refractivity contribution in [2.24, 2.45) is 0 Å². The van der Waals surface area contributed by atoms with E-state index in [0.717, 1.165) is 0 Å². The summed E-state index contributed by atoms with van der Waals surface area (Å²) in [5.74, 6) is -0.0499. The van der Waals surface area contributed by atoms with Crippen molar-refractivity contribution >= 4 is 39.9 Å². The smallest absolute Gasteiger partial charge is 0.239 e. The number of rotatable bonds is 8. The van der Waals surface area contributed by atoms with Gasteiger partial charge < -0.3 is 25.8 Å². The highest BCUT2D eigenvalue weighted by molar-refractivity contribution is 6.31. The average molecular weight is 434 g/mol. The van der Waals surface area contributed by atoms with Gasteiger partial charge in [0.05, 0.1) is 29.9 Å². The monoisotopic (exact) mass is 433 g/mol. The number of aliphatic hydroxyl groups excluding tert-OH is 1. The Labute approximate surface area is 177 Å². The third kappa shape index (κ3) is 4.59. The van der Waals surface area contributed by atoms with Gasteiger partial charge in [-0.25, -0.2) is 14.4 Å². The molecule has 158 valence electrons. The molecule has 1 atom stereocenters. The molecule has 0 bridgehead atoms. The first kappa shape index (κ1) is 21.7. The molecule has 1 aromatic heterocycles. The van der Waals surface area contributed by atoms with Crippen molar-refractivity contribution in [3.63, 3.8) is 0 Å². The third-order valence-corrected chi connectivity index (χ3v) is 4.83. The number of carbonyl (C=O) groups is 1. The van der Waals surface area contributed by atoms with E-state index >= 15 is 0 Å². The maximum absolute atomic E-state index is 14.3. The summed E-state index contributed by atoms with van der Waals surface area (Å²) in [6.45, 7) is -0.180. The molecule has 0 aliphatic rings. The Morgan fingerprint density at radius 2 is 2.13 bits per heavy atom. The number of nitrogens with one attached hydrogen (secondary N) is 3. The molecular weight excluding hydrogens is 413 g/mol. The highest BCUT2D eigenvalue weighted by Crippen LogP contribution is 2.31. The Balaban J connectivity index is 1.95. The number of hydrogen-bond donors (Lipinski definition) is 4. The molecule has 0 fully saturated rings. The lowest BCUT2D eigenvalue weighted by atomic mass is 10.1. The van der Waals surface area contributed by atoms with Crippen molar-refractivity contribution in [1.82, 2.24) is 20.6 Å². The molecule has 2 aromatic carbocycles. The fourth-order valence-corrected chi connectivity index (χ4v) is 3.07. The van der Waals surface area contributed by atoms with Crippen LogP contribution in [-0.4, -0.2) is 47.8 Å². The second kappa shape index (κ2) is 9.66. The summed E-state index contributed by atoms with van der Waals surface area (Å²) in [7, 11) is 3.10. The molecule has 0 saturated heterocycles. The third-order valence-electron chi connectivity index (χ3n) is 4.54. The van der Waals surface area contributed by atoms with Crippen LogP contribution in [0.2, 0.25) is 5.02 Å². The molecule has 0 spiro atoms. The summed E-state index contributed by atoms with van der Waals surface area (Å²) in [6, 6.07) is 7.37. The number of amides is 1. The van der Waals surface area contributed by atoms with Crippen LogP contribution in [0.5, 0.6) is 5.75 Å². The molecule has 0 saturated carbocycles. The van der Waals surface area contributed by atoms with Gasteiger partial charge in [0, 0.05) is 23.6 Å². The lowest BCUT2D eigenvalue weighted by molar-refractivity contribution is -0.124. The largest absolute Gasteiger partial charge is 0.496 e. The Bertz CT molecular complexity index is 1060. The molecule has 1 heterocycles. The predicted octanol–water partition coefficient (Wildman–Crippen LogP) is 2.37. The van der Waals surface area contributed by atoms with Gasteiger partial charge in [-0.3, -0.25) is 4.79 Å². The summed E-state index contributed by atoms with van der Waals surface area (Å²) < 4.78 is 19.7. The number of hydrogen-bond acceptors (Lipinski definition) is 7. The molecule has 0 aliphatic heterocycles. The SMILES string of the molecule is CN[C@@H](CO)C(=O)NCc1cc2c(Nc3cccc(Cl)c3F)ncnc2cc1OC. The molecule has 0 unspecified atom stereocenters. The van der Waals surface area contributed by atoms with Crippen LogP contribution in [0.25, 0.3) is 10.9 Å². The fourth-order valence-electron chi connectivity index (χ4n) is 2.90. The van der Waals surface area contributed by atoms with Crippen molar-refractivity contribution in [2.45, 2.75) is 12.6 Å². The summed E-state index contributed by atoms with van der Waals surface area (Å²) in [4.78, 5) is 20.6. The number of halogens is 2. The van der Waals surface area contributed by atoms with Crippen LogP contribution in [0.1, 0.15) is 5.56 Å². The Kier molecular flexibility index (Phi) is 6.99. The lowest BCUT2D eigenvalue weighted by Gasteiger charge is -2.16. The second-order valence-corrected chi connectivity index (χ2v) is 6.78. The van der Waals surface area contributed by atoms with Gasteiger partial charge in [0.2, 0.25) is 5.91 Å². The lowest BCUT2D eigenvalue weighted by Crippen LogP contribution is -2.44. The van der Waals surface area contributed by atoms with E-state index in [-0.39, 0.29) is 29.8 Å². The molecule has 30 heavy (non-hydrogen) atoms. The van der Waals surface area contributed by atoms with Crippen LogP contribution in [0, 0.1) is 5.82 Å². The van der Waals surface area contributed by atoms with Crippen molar-refractivity contribution in [2.75, 3.05) is 26.1 Å². The van der Waals surface area contributed by atoms with Crippen LogP contribution < -0.4 is 20.7 Å². The summed E-state index contributed by atoms with van der Waals surface area (Å²) in [5.41, 5.74) is 1.41. The van der Waals surface area contributed by atoms with Gasteiger partial charge in [-0.05, 0) is 25.2 Å². The summed E-state index contributed by atoms with van der Waals surface area (Å²) >= 11 is 5.86. The number of benzene rings is 2. The van der Waals surface area contributed by atoms with E-state index in [1.807, 2.05) is 0 Å². The predicted molar refractivity (Wildman–Crippen MR) is 113 cm³/mol. The molecule has 3 rings (SSSR count). The Morgan fingerprint density at radius 1 is 1.33 bits per heavy atom. The summed E-state index contributed by atoms with van der Waals surface area (Å²) in [5, 5.41) is 18.2. The standard InChI is InChI=1S/C20H21ClFN5O3/c1-23-16(9-28)20(29)24-8-11-6-12-15(7-17(11)30-2)25-10-26-19(12)27-14-5-3-4-13(21)18(14)22/h3-7,10,16,23,28H,8-9H2,1-2H3,(H,24,29)(H,25,26,27)/t16-/m0/s1. The van der Waals surface area contributed by atoms with Crippen molar-refractivity contribution in [3.8, 4) is 5.75 Å². The van der Waals surface area contributed by atoms with Crippen LogP contribution >= 0.6 is 11.6 Å². The van der Waals surface area contributed by atoms with Gasteiger partial charge >= 0.3 is 0 Å². The van der Waals surface area contributed by atoms with E-state index in [1.165, 1.54) is 19.5 Å². The number of nitrogens with zero attached hydrogens (tertiary/aromatic N) is 2. The molecule has 0 radical (unpaired) electrons. The maximum atomic E-state index is 14.3. The van der Waals surface area contributed by atoms with Crippen LogP contribution in [-0.2, 0) is 11.3 Å². The number of aliphatic hydroxyl groups is 1. The van der Waals surface area contributed by atoms with Gasteiger partial charge in [0.15, 0.2) is 5.82 Å². The van der Waals surface area contributed by atoms with E-state index < -0.39 is 11.9 Å². The number of aromatic nitrogens is 2. The Hall–Kier alpha value is -3.01. The molecule has 3 aromatic rings. The number of methoxy groups -OCH3 is 1. The van der Waals surface area contributed by atoms with Crippen LogP contribution in [0.15, 0.2) is 36.7 Å². The first-order chi connectivity index (χ1) is 14.5. The van der Waals surface area contributed by atoms with Gasteiger partial charge in [0.25, 0.3) is 0 Å². The molecule has 10 heteroatoms. The van der Waals surface area contributed by atoms with Gasteiger partial charge in [-0.1, -0.05) is 17.7 Å². The number of carbonyl (C=O) groups excluding carboxylic acids is 1. The van der Waals surface area contributed by atoms with Crippen LogP contribution in [0.3, 0.4) is 0 Å². The summed E-state index contributed by atoms with van der Waals surface area (Å²) in [6.07, 6.45) is 1.35. The van der Waals surface area contributed by atoms with E-state index in [0.29, 0.717) is 28.0 Å². The second-order valence-electron chi connectivity index (χ2n) is 6.37. The van der Waals surface area contributed by atoms with Crippen LogP contribution in [0.4, 0.5) is 15.9 Å². The molecule has 1 amide bonds. The molecule has 8 nitrogen and oxygen atoms in total. The van der Waals surface area contributed by atoms with Gasteiger partial charge in [0.1, 0.15) is 23.9 Å². The minimum atomic E-state index is -0.720. The highest BCUT2D eigenvalue weighted by Gasteiger charge is 2.17. The van der Waals surface area contributed by atoms with Crippen molar-refractivity contribution < 1.29 is 19.0 Å². The van der Waals surface area contributed by atoms with E-state index in [9.17, 15) is 14.3 Å². The average Bonchev–Trinajstić information content (AvgIpc) is 2.76. The van der Waals surface area contributed by atoms with E-state index in [4.69, 9.17) is 16.3 Å². The zero-order chi connectivity index (χ0) is 21.7. The number of ether oxygens (including phenoxy) is 1. The number of likely N-dealkylation sites (N-methyl/N-ethyl adjacent to an activating group) is 1. The molecule has 4 N–H and O–H groups in total. The fraction of sp³-hybridized carbons (Fsp3) is 0.250. The first-order valence-corrected chi connectivity index (χ1v) is 9.44. The van der Waals surface area contributed by atoms with E-state index in [1.54, 1.807) is 31.3 Å². The highest BCUT2D eigenvalue weighted by atomic mass is 35.5. The quantitative estimate of drug-likeness (QED) is 0.432. The topological polar surface area (TPSA) is 108 Å².